The summed E-state index contributed by atoms with van der Waals surface area (Å²) in [5.74, 6) is 0. The summed E-state index contributed by atoms with van der Waals surface area (Å²) >= 11 is 5.67. The maximum absolute atomic E-state index is 2.47. The Bertz CT molecular complexity index is 8580. The highest BCUT2D eigenvalue weighted by molar-refractivity contribution is 7.27. The van der Waals surface area contributed by atoms with Crippen molar-refractivity contribution in [3.63, 3.8) is 0 Å². The highest BCUT2D eigenvalue weighted by Gasteiger charge is 2.39. The molecule has 582 valence electrons. The van der Waals surface area contributed by atoms with Gasteiger partial charge in [0, 0.05) is 126 Å². The summed E-state index contributed by atoms with van der Waals surface area (Å²) in [7, 11) is 0. The number of hydrogen-bond donors (Lipinski definition) is 0. The van der Waals surface area contributed by atoms with Crippen molar-refractivity contribution in [1.82, 2.24) is 13.7 Å². The first kappa shape index (κ1) is 71.9. The number of thiophene rings is 3. The van der Waals surface area contributed by atoms with Crippen LogP contribution < -0.4 is 0 Å². The van der Waals surface area contributed by atoms with E-state index in [9.17, 15) is 0 Å². The van der Waals surface area contributed by atoms with Gasteiger partial charge in [0.15, 0.2) is 0 Å². The van der Waals surface area contributed by atoms with Gasteiger partial charge in [-0.2, -0.15) is 0 Å². The standard InChI is InChI=1S/3C39H27NS/c1-39(2)31-15-6-3-10-27(31)28-14-9-13-26(38(28)39)24-18-20-25(21-19-24)40-32-16-7-4-11-29(32)36-33(40)22-23-35-37(36)30-12-5-8-17-34(30)41-35;1-39(2)32-12-6-3-9-27(32)31-23-25(17-21-33(31)39)24-15-18-26(19-16-24)40-34-13-7-4-11-30(34)37-35(40)22-20-29-28-10-5-8-14-36(28)41-38(29)37;1-39(2)32-12-6-3-9-27(32)31-23-25(17-21-33(31)39)24-15-18-26(19-16-24)40-34-13-7-4-10-28(34)29-20-22-36-37(38(29)40)30-11-5-8-14-35(30)41-36/h3*3-23H,1-2H3. The van der Waals surface area contributed by atoms with Crippen LogP contribution in [0.25, 0.3) is 210 Å². The predicted molar refractivity (Wildman–Crippen MR) is 530 cm³/mol. The van der Waals surface area contributed by atoms with Crippen molar-refractivity contribution in [1.29, 1.82) is 0 Å². The molecular formula is C117H81N3S3. The highest BCUT2D eigenvalue weighted by Crippen LogP contribution is 2.56. The van der Waals surface area contributed by atoms with Gasteiger partial charge in [0.05, 0.1) is 33.1 Å². The van der Waals surface area contributed by atoms with Gasteiger partial charge < -0.3 is 13.7 Å². The van der Waals surface area contributed by atoms with Crippen LogP contribution in [-0.4, -0.2) is 13.7 Å². The fraction of sp³-hybridized carbons (Fsp3) is 0.0769. The second kappa shape index (κ2) is 27.0. The number of fused-ring (bicyclic) bond motifs is 30. The number of rotatable bonds is 6. The minimum Gasteiger partial charge on any atom is -0.309 e. The van der Waals surface area contributed by atoms with Crippen LogP contribution in [-0.2, 0) is 16.2 Å². The van der Waals surface area contributed by atoms with E-state index in [-0.39, 0.29) is 16.2 Å². The SMILES string of the molecule is CC1(C)c2ccccc2-c2cc(-c3ccc(-n4c5ccccc5c5c6sc7ccccc7c6ccc54)cc3)ccc21.CC1(C)c2ccccc2-c2cc(-c3ccc(-n4c5ccccc5c5ccc6sc7ccccc7c6c54)cc3)ccc21.CC1(C)c2ccccc2-c2cccc(-c3ccc(-n4c5ccccc5c5c6c(ccc54)sc4ccccc46)cc3)c21. The molecule has 0 unspecified atom stereocenters. The summed E-state index contributed by atoms with van der Waals surface area (Å²) in [4.78, 5) is 0. The Morgan fingerprint density at radius 1 is 0.195 bits per heavy atom. The van der Waals surface area contributed by atoms with Crippen LogP contribution in [0.2, 0.25) is 0 Å². The monoisotopic (exact) mass is 1620 g/mol. The van der Waals surface area contributed by atoms with Gasteiger partial charge in [-0.1, -0.05) is 315 Å². The topological polar surface area (TPSA) is 14.8 Å². The van der Waals surface area contributed by atoms with Crippen LogP contribution in [0.5, 0.6) is 0 Å². The van der Waals surface area contributed by atoms with Crippen molar-refractivity contribution in [2.75, 3.05) is 0 Å². The molecule has 27 rings (SSSR count). The zero-order valence-corrected chi connectivity index (χ0v) is 71.4. The van der Waals surface area contributed by atoms with E-state index in [0.29, 0.717) is 0 Å². The fourth-order valence-corrected chi connectivity index (χ4v) is 25.4. The highest BCUT2D eigenvalue weighted by atomic mass is 32.1. The van der Waals surface area contributed by atoms with Gasteiger partial charge in [-0.3, -0.25) is 0 Å². The zero-order valence-electron chi connectivity index (χ0n) is 68.9. The largest absolute Gasteiger partial charge is 0.309 e. The Labute approximate surface area is 725 Å². The van der Waals surface area contributed by atoms with Crippen LogP contribution >= 0.6 is 34.0 Å². The number of para-hydroxylation sites is 3. The Hall–Kier alpha value is -14.0. The van der Waals surface area contributed by atoms with Crippen LogP contribution in [0.3, 0.4) is 0 Å². The third-order valence-electron chi connectivity index (χ3n) is 27.6. The van der Waals surface area contributed by atoms with Gasteiger partial charge in [-0.25, -0.2) is 0 Å². The Balaban J connectivity index is 0.000000101. The lowest BCUT2D eigenvalue weighted by molar-refractivity contribution is 0.660. The van der Waals surface area contributed by atoms with Gasteiger partial charge in [-0.05, 0) is 209 Å². The first-order valence-electron chi connectivity index (χ1n) is 42.8. The second-order valence-electron chi connectivity index (χ2n) is 35.3. The summed E-state index contributed by atoms with van der Waals surface area (Å²) < 4.78 is 15.4. The van der Waals surface area contributed by atoms with Gasteiger partial charge in [-0.15, -0.1) is 34.0 Å². The van der Waals surface area contributed by atoms with E-state index in [1.807, 2.05) is 34.0 Å². The molecule has 0 aliphatic heterocycles. The Morgan fingerprint density at radius 3 is 1.14 bits per heavy atom. The van der Waals surface area contributed by atoms with Crippen molar-refractivity contribution in [3.8, 4) is 83.8 Å². The van der Waals surface area contributed by atoms with Crippen molar-refractivity contribution < 1.29 is 0 Å². The molecule has 0 saturated heterocycles. The van der Waals surface area contributed by atoms with Crippen LogP contribution in [0.4, 0.5) is 0 Å². The number of aromatic nitrogens is 3. The maximum Gasteiger partial charge on any atom is 0.0634 e. The average molecular weight is 1630 g/mol. The molecule has 6 heterocycles. The maximum atomic E-state index is 2.47. The molecule has 0 N–H and O–H groups in total. The van der Waals surface area contributed by atoms with E-state index in [4.69, 9.17) is 0 Å². The van der Waals surface area contributed by atoms with Crippen molar-refractivity contribution in [2.24, 2.45) is 0 Å². The van der Waals surface area contributed by atoms with E-state index in [0.717, 1.165) is 0 Å². The van der Waals surface area contributed by atoms with Gasteiger partial charge in [0.1, 0.15) is 0 Å². The first-order valence-corrected chi connectivity index (χ1v) is 45.3. The van der Waals surface area contributed by atoms with E-state index < -0.39 is 0 Å². The molecule has 0 saturated carbocycles. The minimum absolute atomic E-state index is 0.0298. The summed E-state index contributed by atoms with van der Waals surface area (Å²) in [6.45, 7) is 14.1. The molecule has 123 heavy (non-hydrogen) atoms. The molecule has 6 heteroatoms. The third kappa shape index (κ3) is 10.6. The predicted octanol–water partition coefficient (Wildman–Crippen LogP) is 33.4. The number of hydrogen-bond acceptors (Lipinski definition) is 3. The van der Waals surface area contributed by atoms with E-state index in [1.165, 1.54) is 243 Å². The molecule has 0 spiro atoms. The van der Waals surface area contributed by atoms with Crippen molar-refractivity contribution in [3.05, 3.63) is 416 Å². The smallest absolute Gasteiger partial charge is 0.0634 e. The quantitative estimate of drug-likeness (QED) is 0.158. The van der Waals surface area contributed by atoms with Crippen molar-refractivity contribution >= 4 is 160 Å². The third-order valence-corrected chi connectivity index (χ3v) is 31.1. The second-order valence-corrected chi connectivity index (χ2v) is 38.5. The number of nitrogens with zero attached hydrogens (tertiary/aromatic N) is 3. The van der Waals surface area contributed by atoms with E-state index >= 15 is 0 Å². The lowest BCUT2D eigenvalue weighted by atomic mass is 9.79. The lowest BCUT2D eigenvalue weighted by Gasteiger charge is -2.24. The number of benzene rings is 18. The fourth-order valence-electron chi connectivity index (χ4n) is 21.9. The van der Waals surface area contributed by atoms with Gasteiger partial charge in [0.25, 0.3) is 0 Å². The lowest BCUT2D eigenvalue weighted by Crippen LogP contribution is -2.16. The molecule has 24 aromatic rings. The molecular weight excluding hydrogens is 1540 g/mol. The molecule has 6 aromatic heterocycles. The zero-order chi connectivity index (χ0) is 81.9. The minimum atomic E-state index is -0.0390. The molecule has 0 bridgehead atoms. The van der Waals surface area contributed by atoms with E-state index in [1.54, 1.807) is 0 Å². The molecule has 3 aliphatic rings. The molecule has 0 atom stereocenters. The van der Waals surface area contributed by atoms with Crippen LogP contribution in [0.1, 0.15) is 74.9 Å². The summed E-state index contributed by atoms with van der Waals surface area (Å²) in [6.07, 6.45) is 0. The summed E-state index contributed by atoms with van der Waals surface area (Å²) in [5.41, 5.74) is 35.4. The molecule has 3 aliphatic carbocycles. The molecule has 3 nitrogen and oxygen atoms in total. The Kier molecular flexibility index (Phi) is 15.8. The molecule has 0 amide bonds. The normalized spacial score (nSPS) is 13.8. The van der Waals surface area contributed by atoms with Gasteiger partial charge in [0.2, 0.25) is 0 Å². The van der Waals surface area contributed by atoms with Crippen molar-refractivity contribution in [2.45, 2.75) is 57.8 Å². The van der Waals surface area contributed by atoms with E-state index in [2.05, 4.69) is 437 Å². The first-order chi connectivity index (χ1) is 60.3. The Morgan fingerprint density at radius 2 is 0.569 bits per heavy atom. The van der Waals surface area contributed by atoms with Crippen LogP contribution in [0.15, 0.2) is 382 Å². The average Bonchev–Trinajstić information content (AvgIpc) is 1.58. The van der Waals surface area contributed by atoms with Gasteiger partial charge >= 0.3 is 0 Å². The molecule has 18 aromatic carbocycles. The van der Waals surface area contributed by atoms with Crippen LogP contribution in [0, 0.1) is 0 Å². The summed E-state index contributed by atoms with van der Waals surface area (Å²) in [6, 6.07) is 142. The summed E-state index contributed by atoms with van der Waals surface area (Å²) in [5, 5.41) is 16.0. The molecule has 0 radical (unpaired) electrons. The molecule has 0 fully saturated rings.